The molecule has 1 nitrogen and oxygen atoms in total. The lowest BCUT2D eigenvalue weighted by Crippen LogP contribution is -2.35. The molecule has 0 heterocycles. The second-order valence-electron chi connectivity index (χ2n) is 5.71. The first-order valence-electron chi connectivity index (χ1n) is 6.98. The lowest BCUT2D eigenvalue weighted by atomic mass is 9.86. The molecule has 1 N–H and O–H groups in total. The number of benzene rings is 1. The highest BCUT2D eigenvalue weighted by Crippen LogP contribution is 2.26. The van der Waals surface area contributed by atoms with E-state index in [-0.39, 0.29) is 0 Å². The van der Waals surface area contributed by atoms with Gasteiger partial charge >= 0.3 is 0 Å². The minimum Gasteiger partial charge on any atom is -0.307 e. The van der Waals surface area contributed by atoms with E-state index in [0.29, 0.717) is 12.1 Å². The predicted molar refractivity (Wildman–Crippen MR) is 74.1 cm³/mol. The highest BCUT2D eigenvalue weighted by Gasteiger charge is 2.20. The highest BCUT2D eigenvalue weighted by atomic mass is 14.9. The third-order valence-electron chi connectivity index (χ3n) is 4.08. The summed E-state index contributed by atoms with van der Waals surface area (Å²) in [7, 11) is 0. The summed E-state index contributed by atoms with van der Waals surface area (Å²) >= 11 is 0. The van der Waals surface area contributed by atoms with Crippen molar-refractivity contribution in [1.29, 1.82) is 0 Å². The van der Waals surface area contributed by atoms with Gasteiger partial charge in [-0.25, -0.2) is 0 Å². The Hall–Kier alpha value is -0.820. The Morgan fingerprint density at radius 1 is 1.24 bits per heavy atom. The van der Waals surface area contributed by atoms with E-state index in [1.165, 1.54) is 36.8 Å². The molecule has 0 radical (unpaired) electrons. The third-order valence-corrected chi connectivity index (χ3v) is 4.08. The Kier molecular flexibility index (Phi) is 4.22. The molecule has 94 valence electrons. The summed E-state index contributed by atoms with van der Waals surface area (Å²) in [5, 5.41) is 3.81. The Bertz CT molecular complexity index is 358. The van der Waals surface area contributed by atoms with Crippen LogP contribution in [0.4, 0.5) is 0 Å². The first kappa shape index (κ1) is 12.6. The van der Waals surface area contributed by atoms with Crippen molar-refractivity contribution in [1.82, 2.24) is 5.32 Å². The van der Waals surface area contributed by atoms with Crippen LogP contribution in [0.5, 0.6) is 0 Å². The molecule has 1 aliphatic carbocycles. The zero-order valence-corrected chi connectivity index (χ0v) is 11.4. The number of aryl methyl sites for hydroxylation is 1. The fourth-order valence-corrected chi connectivity index (χ4v) is 3.10. The minimum absolute atomic E-state index is 0.478. The number of hydrogen-bond acceptors (Lipinski definition) is 1. The van der Waals surface area contributed by atoms with Crippen molar-refractivity contribution in [3.8, 4) is 0 Å². The van der Waals surface area contributed by atoms with Crippen LogP contribution in [0.2, 0.25) is 0 Å². The fourth-order valence-electron chi connectivity index (χ4n) is 3.10. The number of nitrogens with one attached hydrogen (secondary N) is 1. The second kappa shape index (κ2) is 5.68. The number of rotatable bonds is 3. The lowest BCUT2D eigenvalue weighted by molar-refractivity contribution is 0.285. The molecule has 0 amide bonds. The maximum Gasteiger partial charge on any atom is 0.0296 e. The van der Waals surface area contributed by atoms with Crippen molar-refractivity contribution in [2.24, 2.45) is 5.92 Å². The van der Waals surface area contributed by atoms with Gasteiger partial charge in [0, 0.05) is 12.1 Å². The van der Waals surface area contributed by atoms with Crippen LogP contribution in [-0.2, 0) is 0 Å². The fraction of sp³-hybridized carbons (Fsp3) is 0.625. The van der Waals surface area contributed by atoms with E-state index in [2.05, 4.69) is 50.4 Å². The molecule has 0 aliphatic heterocycles. The molecule has 1 aliphatic rings. The van der Waals surface area contributed by atoms with E-state index in [9.17, 15) is 0 Å². The Morgan fingerprint density at radius 3 is 2.71 bits per heavy atom. The van der Waals surface area contributed by atoms with Gasteiger partial charge in [0.15, 0.2) is 0 Å². The van der Waals surface area contributed by atoms with Crippen molar-refractivity contribution >= 4 is 0 Å². The van der Waals surface area contributed by atoms with Crippen molar-refractivity contribution < 1.29 is 0 Å². The molecule has 0 saturated heterocycles. The standard InChI is InChI=1S/C16H25N/c1-12-7-6-9-15(11-12)17-14(3)16-10-5-4-8-13(16)2/h4-5,8,10,12,14-15,17H,6-7,9,11H2,1-3H3/t12?,14-,15?/m1/s1. The maximum absolute atomic E-state index is 3.81. The second-order valence-corrected chi connectivity index (χ2v) is 5.71. The smallest absolute Gasteiger partial charge is 0.0296 e. The molecule has 0 bridgehead atoms. The normalized spacial score (nSPS) is 26.8. The van der Waals surface area contributed by atoms with Gasteiger partial charge in [0.2, 0.25) is 0 Å². The van der Waals surface area contributed by atoms with Crippen molar-refractivity contribution in [3.05, 3.63) is 35.4 Å². The van der Waals surface area contributed by atoms with Gasteiger partial charge in [0.05, 0.1) is 0 Å². The van der Waals surface area contributed by atoms with Gasteiger partial charge < -0.3 is 5.32 Å². The average molecular weight is 231 g/mol. The average Bonchev–Trinajstić information content (AvgIpc) is 2.29. The van der Waals surface area contributed by atoms with E-state index in [0.717, 1.165) is 5.92 Å². The maximum atomic E-state index is 3.81. The van der Waals surface area contributed by atoms with Gasteiger partial charge in [0.1, 0.15) is 0 Å². The van der Waals surface area contributed by atoms with Crippen LogP contribution in [0.15, 0.2) is 24.3 Å². The van der Waals surface area contributed by atoms with Crippen LogP contribution >= 0.6 is 0 Å². The molecule has 2 unspecified atom stereocenters. The van der Waals surface area contributed by atoms with Crippen LogP contribution in [-0.4, -0.2) is 6.04 Å². The summed E-state index contributed by atoms with van der Waals surface area (Å²) in [5.74, 6) is 0.894. The van der Waals surface area contributed by atoms with Crippen LogP contribution in [0.25, 0.3) is 0 Å². The molecular weight excluding hydrogens is 206 g/mol. The van der Waals surface area contributed by atoms with Crippen LogP contribution < -0.4 is 5.32 Å². The van der Waals surface area contributed by atoms with Gasteiger partial charge in [-0.15, -0.1) is 0 Å². The van der Waals surface area contributed by atoms with Gasteiger partial charge in [-0.3, -0.25) is 0 Å². The quantitative estimate of drug-likeness (QED) is 0.821. The van der Waals surface area contributed by atoms with Crippen LogP contribution in [0.1, 0.15) is 56.7 Å². The minimum atomic E-state index is 0.478. The van der Waals surface area contributed by atoms with E-state index < -0.39 is 0 Å². The van der Waals surface area contributed by atoms with Gasteiger partial charge in [0.25, 0.3) is 0 Å². The summed E-state index contributed by atoms with van der Waals surface area (Å²) in [4.78, 5) is 0. The van der Waals surface area contributed by atoms with Crippen LogP contribution in [0.3, 0.4) is 0 Å². The van der Waals surface area contributed by atoms with Gasteiger partial charge in [-0.2, -0.15) is 0 Å². The highest BCUT2D eigenvalue weighted by molar-refractivity contribution is 5.28. The van der Waals surface area contributed by atoms with E-state index >= 15 is 0 Å². The van der Waals surface area contributed by atoms with Crippen molar-refractivity contribution in [2.45, 2.75) is 58.5 Å². The van der Waals surface area contributed by atoms with E-state index in [1.807, 2.05) is 0 Å². The van der Waals surface area contributed by atoms with E-state index in [4.69, 9.17) is 0 Å². The SMILES string of the molecule is Cc1ccccc1[C@@H](C)NC1CCCC(C)C1. The van der Waals surface area contributed by atoms with E-state index in [1.54, 1.807) is 0 Å². The largest absolute Gasteiger partial charge is 0.307 e. The summed E-state index contributed by atoms with van der Waals surface area (Å²) < 4.78 is 0. The summed E-state index contributed by atoms with van der Waals surface area (Å²) in [6.45, 7) is 6.88. The molecule has 1 saturated carbocycles. The molecule has 1 aromatic carbocycles. The zero-order chi connectivity index (χ0) is 12.3. The summed E-state index contributed by atoms with van der Waals surface area (Å²) in [6, 6.07) is 9.91. The zero-order valence-electron chi connectivity index (χ0n) is 11.4. The van der Waals surface area contributed by atoms with Crippen molar-refractivity contribution in [3.63, 3.8) is 0 Å². The molecule has 3 atom stereocenters. The van der Waals surface area contributed by atoms with Crippen molar-refractivity contribution in [2.75, 3.05) is 0 Å². The molecule has 2 rings (SSSR count). The third kappa shape index (κ3) is 3.32. The molecule has 1 fully saturated rings. The van der Waals surface area contributed by atoms with Gasteiger partial charge in [-0.1, -0.05) is 44.0 Å². The monoisotopic (exact) mass is 231 g/mol. The summed E-state index contributed by atoms with van der Waals surface area (Å²) in [6.07, 6.45) is 5.49. The topological polar surface area (TPSA) is 12.0 Å². The Labute approximate surface area is 106 Å². The summed E-state index contributed by atoms with van der Waals surface area (Å²) in [5.41, 5.74) is 2.85. The molecule has 0 aromatic heterocycles. The van der Waals surface area contributed by atoms with Crippen LogP contribution in [0, 0.1) is 12.8 Å². The molecular formula is C16H25N. The molecule has 17 heavy (non-hydrogen) atoms. The predicted octanol–water partition coefficient (Wildman–Crippen LogP) is 4.22. The first-order valence-corrected chi connectivity index (χ1v) is 6.98. The van der Waals surface area contributed by atoms with Gasteiger partial charge in [-0.05, 0) is 43.7 Å². The Morgan fingerprint density at radius 2 is 2.00 bits per heavy atom. The lowest BCUT2D eigenvalue weighted by Gasteiger charge is -2.30. The first-order chi connectivity index (χ1) is 8.16. The molecule has 0 spiro atoms. The number of hydrogen-bond donors (Lipinski definition) is 1. The molecule has 1 heteroatoms. The Balaban J connectivity index is 1.97. The molecule has 1 aromatic rings.